The number of aliphatic hydroxyl groups is 1. The number of β-amino-alcohol motifs (C(OH)–C–C–N with tert-alkyl or cyclic N) is 1. The Kier molecular flexibility index (Phi) is 2.15. The van der Waals surface area contributed by atoms with Gasteiger partial charge in [0.2, 0.25) is 0 Å². The molecule has 0 amide bonds. The van der Waals surface area contributed by atoms with Crippen LogP contribution in [-0.4, -0.2) is 50.3 Å². The van der Waals surface area contributed by atoms with Crippen LogP contribution in [0.5, 0.6) is 0 Å². The van der Waals surface area contributed by atoms with E-state index in [9.17, 15) is 13.5 Å². The second kappa shape index (κ2) is 2.91. The topological polar surface area (TPSA) is 92.4 Å². The fraction of sp³-hybridized carbons (Fsp3) is 1.00. The molecule has 0 aromatic rings. The van der Waals surface area contributed by atoms with Gasteiger partial charge in [0.05, 0.1) is 17.1 Å². The van der Waals surface area contributed by atoms with Gasteiger partial charge >= 0.3 is 0 Å². The highest BCUT2D eigenvalue weighted by atomic mass is 32.2. The third kappa shape index (κ3) is 1.29. The minimum absolute atomic E-state index is 0.0364. The average molecular weight is 220 g/mol. The van der Waals surface area contributed by atoms with E-state index in [4.69, 9.17) is 5.73 Å². The van der Waals surface area contributed by atoms with Crippen LogP contribution >= 0.6 is 0 Å². The van der Waals surface area contributed by atoms with Gasteiger partial charge < -0.3 is 16.2 Å². The standard InChI is InChI=1S/C8H16N2O3S/c9-3-7(8(11)4-10-5-8)1-2-14(12,13)6-7/h10-11H,1-6,9H2. The van der Waals surface area contributed by atoms with E-state index in [1.165, 1.54) is 0 Å². The molecule has 0 spiro atoms. The maximum atomic E-state index is 11.4. The molecule has 0 radical (unpaired) electrons. The maximum Gasteiger partial charge on any atom is 0.151 e. The monoisotopic (exact) mass is 220 g/mol. The lowest BCUT2D eigenvalue weighted by atomic mass is 9.68. The molecule has 0 bridgehead atoms. The SMILES string of the molecule is NCC1(C2(O)CNC2)CCS(=O)(=O)C1. The largest absolute Gasteiger partial charge is 0.387 e. The van der Waals surface area contributed by atoms with Crippen molar-refractivity contribution in [2.75, 3.05) is 31.1 Å². The van der Waals surface area contributed by atoms with E-state index in [1.54, 1.807) is 0 Å². The van der Waals surface area contributed by atoms with Gasteiger partial charge in [-0.15, -0.1) is 0 Å². The van der Waals surface area contributed by atoms with Gasteiger partial charge in [-0.2, -0.15) is 0 Å². The second-order valence-corrected chi connectivity index (χ2v) is 6.65. The van der Waals surface area contributed by atoms with E-state index in [1.807, 2.05) is 0 Å². The van der Waals surface area contributed by atoms with Crippen LogP contribution in [0.2, 0.25) is 0 Å². The van der Waals surface area contributed by atoms with Crippen molar-refractivity contribution in [2.45, 2.75) is 12.0 Å². The van der Waals surface area contributed by atoms with Gasteiger partial charge in [0.15, 0.2) is 9.84 Å². The van der Waals surface area contributed by atoms with Crippen molar-refractivity contribution in [3.8, 4) is 0 Å². The zero-order chi connectivity index (χ0) is 10.4. The van der Waals surface area contributed by atoms with Crippen molar-refractivity contribution < 1.29 is 13.5 Å². The van der Waals surface area contributed by atoms with Crippen LogP contribution < -0.4 is 11.1 Å². The molecule has 1 atom stereocenters. The Morgan fingerprint density at radius 3 is 2.36 bits per heavy atom. The Balaban J connectivity index is 2.28. The zero-order valence-electron chi connectivity index (χ0n) is 7.99. The molecule has 6 heteroatoms. The van der Waals surface area contributed by atoms with Gasteiger partial charge in [0.25, 0.3) is 0 Å². The van der Waals surface area contributed by atoms with Crippen molar-refractivity contribution in [1.29, 1.82) is 0 Å². The van der Waals surface area contributed by atoms with Gasteiger partial charge in [-0.25, -0.2) is 8.42 Å². The summed E-state index contributed by atoms with van der Waals surface area (Å²) in [6, 6.07) is 0. The van der Waals surface area contributed by atoms with Gasteiger partial charge in [-0.1, -0.05) is 0 Å². The van der Waals surface area contributed by atoms with Crippen molar-refractivity contribution in [3.05, 3.63) is 0 Å². The summed E-state index contributed by atoms with van der Waals surface area (Å²) in [6.45, 7) is 1.16. The molecule has 4 N–H and O–H groups in total. The highest BCUT2D eigenvalue weighted by Gasteiger charge is 2.57. The molecule has 2 heterocycles. The summed E-state index contributed by atoms with van der Waals surface area (Å²) in [6.07, 6.45) is 0.490. The van der Waals surface area contributed by atoms with Crippen LogP contribution in [0.25, 0.3) is 0 Å². The van der Waals surface area contributed by atoms with E-state index >= 15 is 0 Å². The van der Waals surface area contributed by atoms with Crippen LogP contribution in [0.3, 0.4) is 0 Å². The summed E-state index contributed by atoms with van der Waals surface area (Å²) in [4.78, 5) is 0. The summed E-state index contributed by atoms with van der Waals surface area (Å²) < 4.78 is 22.8. The zero-order valence-corrected chi connectivity index (χ0v) is 8.81. The third-order valence-corrected chi connectivity index (χ3v) is 5.42. The molecule has 2 saturated heterocycles. The lowest BCUT2D eigenvalue weighted by molar-refractivity contribution is -0.105. The molecule has 1 unspecified atom stereocenters. The van der Waals surface area contributed by atoms with E-state index in [2.05, 4.69) is 5.32 Å². The molecule has 0 saturated carbocycles. The number of hydrogen-bond acceptors (Lipinski definition) is 5. The highest BCUT2D eigenvalue weighted by Crippen LogP contribution is 2.43. The lowest BCUT2D eigenvalue weighted by Crippen LogP contribution is -2.70. The number of nitrogens with two attached hydrogens (primary N) is 1. The van der Waals surface area contributed by atoms with Gasteiger partial charge in [-0.3, -0.25) is 0 Å². The molecule has 0 aliphatic carbocycles. The highest BCUT2D eigenvalue weighted by molar-refractivity contribution is 7.91. The molecular weight excluding hydrogens is 204 g/mol. The predicted octanol–water partition coefficient (Wildman–Crippen LogP) is -1.92. The van der Waals surface area contributed by atoms with E-state index < -0.39 is 20.9 Å². The van der Waals surface area contributed by atoms with E-state index in [0.717, 1.165) is 0 Å². The van der Waals surface area contributed by atoms with Crippen molar-refractivity contribution in [1.82, 2.24) is 5.32 Å². The van der Waals surface area contributed by atoms with Crippen LogP contribution in [0.4, 0.5) is 0 Å². The van der Waals surface area contributed by atoms with Crippen LogP contribution in [0, 0.1) is 5.41 Å². The second-order valence-electron chi connectivity index (χ2n) is 4.46. The lowest BCUT2D eigenvalue weighted by Gasteiger charge is -2.50. The van der Waals surface area contributed by atoms with Gasteiger partial charge in [-0.05, 0) is 6.42 Å². The van der Waals surface area contributed by atoms with Gasteiger partial charge in [0, 0.05) is 25.0 Å². The van der Waals surface area contributed by atoms with Crippen molar-refractivity contribution in [2.24, 2.45) is 11.1 Å². The first-order valence-corrected chi connectivity index (χ1v) is 6.59. The summed E-state index contributed by atoms with van der Waals surface area (Å²) in [7, 11) is -2.99. The first-order chi connectivity index (χ1) is 6.43. The summed E-state index contributed by atoms with van der Waals surface area (Å²) >= 11 is 0. The smallest absolute Gasteiger partial charge is 0.151 e. The first-order valence-electron chi connectivity index (χ1n) is 4.77. The molecule has 2 aliphatic rings. The normalized spacial score (nSPS) is 39.3. The van der Waals surface area contributed by atoms with E-state index in [0.29, 0.717) is 19.5 Å². The van der Waals surface area contributed by atoms with Crippen LogP contribution in [-0.2, 0) is 9.84 Å². The van der Waals surface area contributed by atoms with Crippen molar-refractivity contribution in [3.63, 3.8) is 0 Å². The molecule has 14 heavy (non-hydrogen) atoms. The minimum atomic E-state index is -2.99. The maximum absolute atomic E-state index is 11.4. The number of rotatable bonds is 2. The molecule has 0 aromatic carbocycles. The molecule has 2 rings (SSSR count). The molecule has 0 aromatic heterocycles. The quantitative estimate of drug-likeness (QED) is 0.505. The summed E-state index contributed by atoms with van der Waals surface area (Å²) in [5.41, 5.74) is 4.11. The Labute approximate surface area is 83.6 Å². The summed E-state index contributed by atoms with van der Waals surface area (Å²) in [5.74, 6) is 0.196. The number of sulfone groups is 1. The number of hydrogen-bond donors (Lipinski definition) is 3. The predicted molar refractivity (Wildman–Crippen MR) is 52.6 cm³/mol. The van der Waals surface area contributed by atoms with Crippen LogP contribution in [0.15, 0.2) is 0 Å². The molecular formula is C8H16N2O3S. The number of nitrogens with one attached hydrogen (secondary N) is 1. The fourth-order valence-electron chi connectivity index (χ4n) is 2.37. The van der Waals surface area contributed by atoms with Crippen molar-refractivity contribution >= 4 is 9.84 Å². The molecule has 82 valence electrons. The fourth-order valence-corrected chi connectivity index (χ4v) is 4.59. The van der Waals surface area contributed by atoms with E-state index in [-0.39, 0.29) is 18.1 Å². The molecule has 2 fully saturated rings. The Hall–Kier alpha value is -0.170. The molecule has 5 nitrogen and oxygen atoms in total. The Morgan fingerprint density at radius 2 is 2.07 bits per heavy atom. The minimum Gasteiger partial charge on any atom is -0.387 e. The Morgan fingerprint density at radius 1 is 1.43 bits per heavy atom. The van der Waals surface area contributed by atoms with Crippen LogP contribution in [0.1, 0.15) is 6.42 Å². The third-order valence-electron chi connectivity index (χ3n) is 3.60. The Bertz CT molecular complexity index is 336. The summed E-state index contributed by atoms with van der Waals surface area (Å²) in [5, 5.41) is 13.2. The first kappa shape index (κ1) is 10.4. The molecule has 2 aliphatic heterocycles. The average Bonchev–Trinajstić information content (AvgIpc) is 2.39. The van der Waals surface area contributed by atoms with Gasteiger partial charge in [0.1, 0.15) is 0 Å².